The van der Waals surface area contributed by atoms with Crippen LogP contribution in [0.1, 0.15) is 51.4 Å². The van der Waals surface area contributed by atoms with Crippen LogP contribution in [0.15, 0.2) is 48.5 Å². The first-order valence-corrected chi connectivity index (χ1v) is 9.99. The molecule has 0 saturated heterocycles. The van der Waals surface area contributed by atoms with Gasteiger partial charge < -0.3 is 10.1 Å². The Morgan fingerprint density at radius 2 is 1.76 bits per heavy atom. The van der Waals surface area contributed by atoms with Gasteiger partial charge in [-0.25, -0.2) is 9.07 Å². The van der Waals surface area contributed by atoms with Gasteiger partial charge in [-0.2, -0.15) is 5.10 Å². The maximum Gasteiger partial charge on any atom is 0.167 e. The zero-order valence-electron chi connectivity index (χ0n) is 18.1. The SMILES string of the molecule is Cc1ccc(Cn2nc(C(C)(C)C)cc2Nc2ccc(OC(C)C)c(F)c2)cc1. The molecule has 0 saturated carbocycles. The molecule has 1 N–H and O–H groups in total. The van der Waals surface area contributed by atoms with Crippen molar-refractivity contribution in [2.45, 2.75) is 59.6 Å². The molecule has 5 heteroatoms. The fourth-order valence-corrected chi connectivity index (χ4v) is 2.95. The smallest absolute Gasteiger partial charge is 0.167 e. The number of halogens is 1. The first-order valence-electron chi connectivity index (χ1n) is 9.99. The van der Waals surface area contributed by atoms with Crippen molar-refractivity contribution >= 4 is 11.5 Å². The highest BCUT2D eigenvalue weighted by Crippen LogP contribution is 2.28. The van der Waals surface area contributed by atoms with Gasteiger partial charge in [0.25, 0.3) is 0 Å². The van der Waals surface area contributed by atoms with E-state index < -0.39 is 0 Å². The molecule has 0 aliphatic heterocycles. The lowest BCUT2D eigenvalue weighted by Crippen LogP contribution is -2.13. The third-order valence-corrected chi connectivity index (χ3v) is 4.57. The number of benzene rings is 2. The molecule has 154 valence electrons. The summed E-state index contributed by atoms with van der Waals surface area (Å²) in [7, 11) is 0. The van der Waals surface area contributed by atoms with Gasteiger partial charge in [0, 0.05) is 23.2 Å². The Kier molecular flexibility index (Phi) is 5.96. The predicted octanol–water partition coefficient (Wildman–Crippen LogP) is 6.21. The van der Waals surface area contributed by atoms with E-state index in [0.29, 0.717) is 12.2 Å². The normalized spacial score (nSPS) is 11.7. The van der Waals surface area contributed by atoms with Gasteiger partial charge in [0.2, 0.25) is 0 Å². The van der Waals surface area contributed by atoms with Gasteiger partial charge in [-0.1, -0.05) is 50.6 Å². The van der Waals surface area contributed by atoms with Crippen molar-refractivity contribution in [3.63, 3.8) is 0 Å². The summed E-state index contributed by atoms with van der Waals surface area (Å²) in [6, 6.07) is 15.4. The molecular formula is C24H30FN3O. The molecule has 0 fully saturated rings. The van der Waals surface area contributed by atoms with Crippen LogP contribution in [0.5, 0.6) is 5.75 Å². The molecule has 0 radical (unpaired) electrons. The third-order valence-electron chi connectivity index (χ3n) is 4.57. The van der Waals surface area contributed by atoms with Crippen LogP contribution in [-0.4, -0.2) is 15.9 Å². The predicted molar refractivity (Wildman–Crippen MR) is 117 cm³/mol. The van der Waals surface area contributed by atoms with Crippen LogP contribution in [0.2, 0.25) is 0 Å². The molecular weight excluding hydrogens is 365 g/mol. The fraction of sp³-hybridized carbons (Fsp3) is 0.375. The second kappa shape index (κ2) is 8.27. The highest BCUT2D eigenvalue weighted by atomic mass is 19.1. The van der Waals surface area contributed by atoms with Gasteiger partial charge in [0.15, 0.2) is 11.6 Å². The van der Waals surface area contributed by atoms with E-state index in [1.165, 1.54) is 11.6 Å². The number of nitrogens with one attached hydrogen (secondary N) is 1. The van der Waals surface area contributed by atoms with Crippen molar-refractivity contribution in [2.24, 2.45) is 0 Å². The van der Waals surface area contributed by atoms with Gasteiger partial charge in [-0.15, -0.1) is 0 Å². The molecule has 0 amide bonds. The molecule has 0 unspecified atom stereocenters. The van der Waals surface area contributed by atoms with Crippen molar-refractivity contribution in [1.82, 2.24) is 9.78 Å². The summed E-state index contributed by atoms with van der Waals surface area (Å²) in [4.78, 5) is 0. The number of aryl methyl sites for hydroxylation is 1. The number of hydrogen-bond acceptors (Lipinski definition) is 3. The van der Waals surface area contributed by atoms with Crippen LogP contribution in [-0.2, 0) is 12.0 Å². The van der Waals surface area contributed by atoms with Crippen molar-refractivity contribution in [3.8, 4) is 5.75 Å². The summed E-state index contributed by atoms with van der Waals surface area (Å²) in [5.41, 5.74) is 3.93. The summed E-state index contributed by atoms with van der Waals surface area (Å²) in [6.07, 6.45) is -0.0754. The van der Waals surface area contributed by atoms with Crippen molar-refractivity contribution in [2.75, 3.05) is 5.32 Å². The van der Waals surface area contributed by atoms with Gasteiger partial charge >= 0.3 is 0 Å². The molecule has 29 heavy (non-hydrogen) atoms. The van der Waals surface area contributed by atoms with Crippen LogP contribution in [0.3, 0.4) is 0 Å². The number of rotatable bonds is 6. The van der Waals surface area contributed by atoms with Crippen molar-refractivity contribution in [1.29, 1.82) is 0 Å². The molecule has 0 bridgehead atoms. The number of anilines is 2. The summed E-state index contributed by atoms with van der Waals surface area (Å²) in [6.45, 7) is 12.9. The van der Waals surface area contributed by atoms with Crippen LogP contribution >= 0.6 is 0 Å². The lowest BCUT2D eigenvalue weighted by Gasteiger charge is -2.14. The van der Waals surface area contributed by atoms with Crippen LogP contribution < -0.4 is 10.1 Å². The number of aromatic nitrogens is 2. The first-order chi connectivity index (χ1) is 13.6. The van der Waals surface area contributed by atoms with E-state index in [9.17, 15) is 4.39 Å². The monoisotopic (exact) mass is 395 g/mol. The Morgan fingerprint density at radius 1 is 1.07 bits per heavy atom. The standard InChI is InChI=1S/C24H30FN3O/c1-16(2)29-21-12-11-19(13-20(21)25)26-23-14-22(24(4,5)6)27-28(23)15-18-9-7-17(3)8-10-18/h7-14,16,26H,15H2,1-6H3. The van der Waals surface area contributed by atoms with Gasteiger partial charge in [-0.05, 0) is 38.5 Å². The molecule has 1 heterocycles. The third kappa shape index (κ3) is 5.37. The second-order valence-electron chi connectivity index (χ2n) is 8.74. The minimum atomic E-state index is -0.385. The molecule has 3 rings (SSSR count). The largest absolute Gasteiger partial charge is 0.488 e. The van der Waals surface area contributed by atoms with Crippen LogP contribution in [0, 0.1) is 12.7 Å². The van der Waals surface area contributed by atoms with E-state index in [1.807, 2.05) is 30.7 Å². The summed E-state index contributed by atoms with van der Waals surface area (Å²) < 4.78 is 21.8. The van der Waals surface area contributed by atoms with Crippen molar-refractivity contribution < 1.29 is 9.13 Å². The zero-order valence-corrected chi connectivity index (χ0v) is 18.1. The number of nitrogens with zero attached hydrogens (tertiary/aromatic N) is 2. The Morgan fingerprint density at radius 3 is 2.34 bits per heavy atom. The molecule has 1 aromatic heterocycles. The van der Waals surface area contributed by atoms with E-state index >= 15 is 0 Å². The summed E-state index contributed by atoms with van der Waals surface area (Å²) >= 11 is 0. The van der Waals surface area contributed by atoms with Gasteiger partial charge in [-0.3, -0.25) is 0 Å². The molecule has 0 spiro atoms. The Labute approximate surface area is 172 Å². The number of ether oxygens (including phenoxy) is 1. The fourth-order valence-electron chi connectivity index (χ4n) is 2.95. The van der Waals surface area contributed by atoms with E-state index in [4.69, 9.17) is 9.84 Å². The quantitative estimate of drug-likeness (QED) is 0.539. The Hall–Kier alpha value is -2.82. The van der Waals surface area contributed by atoms with Gasteiger partial charge in [0.1, 0.15) is 5.82 Å². The molecule has 3 aromatic rings. The average Bonchev–Trinajstić information content (AvgIpc) is 3.02. The summed E-state index contributed by atoms with van der Waals surface area (Å²) in [5.74, 6) is 0.700. The Bertz CT molecular complexity index is 969. The molecule has 0 atom stereocenters. The lowest BCUT2D eigenvalue weighted by molar-refractivity contribution is 0.231. The molecule has 0 aliphatic carbocycles. The van der Waals surface area contributed by atoms with E-state index in [0.717, 1.165) is 17.1 Å². The van der Waals surface area contributed by atoms with Crippen molar-refractivity contribution in [3.05, 3.63) is 71.2 Å². The maximum absolute atomic E-state index is 14.4. The maximum atomic E-state index is 14.4. The zero-order chi connectivity index (χ0) is 21.2. The van der Waals surface area contributed by atoms with E-state index in [-0.39, 0.29) is 23.1 Å². The second-order valence-corrected chi connectivity index (χ2v) is 8.74. The summed E-state index contributed by atoms with van der Waals surface area (Å²) in [5, 5.41) is 8.13. The van der Waals surface area contributed by atoms with Gasteiger partial charge in [0.05, 0.1) is 18.3 Å². The highest BCUT2D eigenvalue weighted by molar-refractivity contribution is 5.58. The lowest BCUT2D eigenvalue weighted by atomic mass is 9.92. The average molecular weight is 396 g/mol. The molecule has 0 aliphatic rings. The van der Waals surface area contributed by atoms with E-state index in [1.54, 1.807) is 6.07 Å². The first kappa shape index (κ1) is 20.9. The van der Waals surface area contributed by atoms with Crippen LogP contribution in [0.25, 0.3) is 0 Å². The van der Waals surface area contributed by atoms with E-state index in [2.05, 4.69) is 57.3 Å². The Balaban J connectivity index is 1.90. The van der Waals surface area contributed by atoms with Crippen LogP contribution in [0.4, 0.5) is 15.9 Å². The molecule has 4 nitrogen and oxygen atoms in total. The molecule has 2 aromatic carbocycles. The number of hydrogen-bond donors (Lipinski definition) is 1. The minimum absolute atomic E-state index is 0.0754. The highest BCUT2D eigenvalue weighted by Gasteiger charge is 2.20. The minimum Gasteiger partial charge on any atom is -0.488 e. The topological polar surface area (TPSA) is 39.1 Å².